The van der Waals surface area contributed by atoms with Crippen LogP contribution in [-0.4, -0.2) is 53.5 Å². The Kier molecular flexibility index (Phi) is 8.05. The molecule has 4 bridgehead atoms. The van der Waals surface area contributed by atoms with E-state index in [1.165, 1.54) is 24.2 Å². The number of hydrogen-bond acceptors (Lipinski definition) is 6. The number of fused-ring (bicyclic) bond motifs is 3. The molecular formula is C43H61NO5S2. The van der Waals surface area contributed by atoms with E-state index in [2.05, 4.69) is 45.9 Å². The fourth-order valence-electron chi connectivity index (χ4n) is 14.7. The first-order valence-corrected chi connectivity index (χ1v) is 22.9. The van der Waals surface area contributed by atoms with Gasteiger partial charge in [-0.05, 0) is 129 Å². The van der Waals surface area contributed by atoms with Crippen molar-refractivity contribution < 1.29 is 23.4 Å². The standard InChI is InChI=1S/C43H61NO5S2/c1-38(2)30-13-12-29(32(38)23-30)26-44(51(48,49)36-11-8-22-50-36)27-42(47)19-16-35-40(42,4)18-15-34-39(3)17-14-31(45)24-41(39)20-21-43(34,35)33(25-41)37(46)28-9-6-5-7-10-28/h8,11,20-22,25,28-32,34-35,45,47H,5-7,9-10,12-19,23-24,26-27H2,1-4H3. The summed E-state index contributed by atoms with van der Waals surface area (Å²) in [7, 11) is -3.81. The van der Waals surface area contributed by atoms with Crippen LogP contribution in [0.4, 0.5) is 0 Å². The van der Waals surface area contributed by atoms with E-state index in [0.29, 0.717) is 41.2 Å². The van der Waals surface area contributed by atoms with E-state index < -0.39 is 26.5 Å². The Bertz CT molecular complexity index is 1740. The maximum absolute atomic E-state index is 14.9. The van der Waals surface area contributed by atoms with Gasteiger partial charge >= 0.3 is 0 Å². The van der Waals surface area contributed by atoms with Gasteiger partial charge in [0.2, 0.25) is 0 Å². The highest BCUT2D eigenvalue weighted by Gasteiger charge is 2.75. The molecule has 6 nitrogen and oxygen atoms in total. The molecule has 11 atom stereocenters. The van der Waals surface area contributed by atoms with E-state index in [-0.39, 0.29) is 46.6 Å². The van der Waals surface area contributed by atoms with Crippen LogP contribution < -0.4 is 0 Å². The van der Waals surface area contributed by atoms with Gasteiger partial charge in [0.15, 0.2) is 5.78 Å². The summed E-state index contributed by atoms with van der Waals surface area (Å²) in [4.78, 5) is 14.9. The Hall–Kier alpha value is -1.32. The van der Waals surface area contributed by atoms with Gasteiger partial charge in [-0.1, -0.05) is 71.3 Å². The lowest BCUT2D eigenvalue weighted by Gasteiger charge is -2.71. The molecule has 1 aromatic rings. The average Bonchev–Trinajstić information content (AvgIpc) is 3.75. The molecule has 0 aliphatic heterocycles. The van der Waals surface area contributed by atoms with Crippen molar-refractivity contribution in [1.82, 2.24) is 4.31 Å². The quantitative estimate of drug-likeness (QED) is 0.261. The highest BCUT2D eigenvalue weighted by molar-refractivity contribution is 7.91. The Balaban J connectivity index is 1.11. The molecule has 0 radical (unpaired) electrons. The number of ketones is 1. The molecule has 11 unspecified atom stereocenters. The zero-order valence-corrected chi connectivity index (χ0v) is 33.0. The van der Waals surface area contributed by atoms with Gasteiger partial charge in [0, 0.05) is 40.8 Å². The Morgan fingerprint density at radius 3 is 2.35 bits per heavy atom. The van der Waals surface area contributed by atoms with Crippen LogP contribution in [0.25, 0.3) is 0 Å². The third-order valence-electron chi connectivity index (χ3n) is 17.9. The average molecular weight is 736 g/mol. The summed E-state index contributed by atoms with van der Waals surface area (Å²) in [5.74, 6) is 2.21. The van der Waals surface area contributed by atoms with Crippen LogP contribution in [0, 0.1) is 62.6 Å². The van der Waals surface area contributed by atoms with Crippen molar-refractivity contribution in [2.24, 2.45) is 62.6 Å². The van der Waals surface area contributed by atoms with Crippen LogP contribution in [-0.2, 0) is 14.8 Å². The van der Waals surface area contributed by atoms with Gasteiger partial charge in [0.1, 0.15) is 4.21 Å². The third-order valence-corrected chi connectivity index (χ3v) is 21.1. The first kappa shape index (κ1) is 35.4. The summed E-state index contributed by atoms with van der Waals surface area (Å²) < 4.78 is 31.2. The summed E-state index contributed by atoms with van der Waals surface area (Å²) in [5, 5.41) is 26.1. The lowest BCUT2D eigenvalue weighted by atomic mass is 9.32. The maximum Gasteiger partial charge on any atom is 0.252 e. The molecule has 51 heavy (non-hydrogen) atoms. The molecule has 2 spiro atoms. The number of aliphatic hydroxyl groups is 2. The lowest BCUT2D eigenvalue weighted by Crippen LogP contribution is -2.67. The van der Waals surface area contributed by atoms with E-state index in [4.69, 9.17) is 0 Å². The Labute approximate surface area is 310 Å². The molecule has 10 aliphatic carbocycles. The number of carbonyl (C=O) groups is 1. The number of nitrogens with zero attached hydrogens (tertiary/aromatic N) is 1. The van der Waals surface area contributed by atoms with Crippen molar-refractivity contribution in [1.29, 1.82) is 0 Å². The van der Waals surface area contributed by atoms with Crippen molar-refractivity contribution in [3.8, 4) is 0 Å². The smallest absolute Gasteiger partial charge is 0.252 e. The molecule has 1 aromatic heterocycles. The largest absolute Gasteiger partial charge is 0.393 e. The molecule has 11 rings (SSSR count). The lowest BCUT2D eigenvalue weighted by molar-refractivity contribution is -0.178. The van der Waals surface area contributed by atoms with E-state index >= 15 is 0 Å². The summed E-state index contributed by atoms with van der Waals surface area (Å²) in [6, 6.07) is 3.54. The van der Waals surface area contributed by atoms with Crippen LogP contribution in [0.5, 0.6) is 0 Å². The molecule has 0 saturated heterocycles. The van der Waals surface area contributed by atoms with E-state index in [9.17, 15) is 23.4 Å². The first-order valence-electron chi connectivity index (χ1n) is 20.5. The molecule has 280 valence electrons. The molecule has 8 heteroatoms. The number of allylic oxidation sites excluding steroid dienone is 4. The summed E-state index contributed by atoms with van der Waals surface area (Å²) in [6.07, 6.45) is 21.0. The number of Topliss-reactive ketones (excluding diaryl/α,β-unsaturated/α-hetero) is 1. The number of sulfonamides is 1. The number of thiophene rings is 1. The molecule has 10 aliphatic rings. The summed E-state index contributed by atoms with van der Waals surface area (Å²) in [6.45, 7) is 10.0. The van der Waals surface area contributed by atoms with Crippen molar-refractivity contribution in [2.45, 2.75) is 140 Å². The monoisotopic (exact) mass is 735 g/mol. The van der Waals surface area contributed by atoms with Gasteiger partial charge in [-0.15, -0.1) is 11.3 Å². The molecule has 0 amide bonds. The fraction of sp³-hybridized carbons (Fsp3) is 0.791. The number of rotatable bonds is 8. The van der Waals surface area contributed by atoms with Crippen LogP contribution >= 0.6 is 11.3 Å². The first-order chi connectivity index (χ1) is 24.1. The topological polar surface area (TPSA) is 94.9 Å². The fourth-order valence-corrected chi connectivity index (χ4v) is 17.4. The Morgan fingerprint density at radius 2 is 1.65 bits per heavy atom. The molecule has 7 saturated carbocycles. The second-order valence-corrected chi connectivity index (χ2v) is 23.0. The van der Waals surface area contributed by atoms with E-state index in [1.54, 1.807) is 10.4 Å². The van der Waals surface area contributed by atoms with Crippen LogP contribution in [0.2, 0.25) is 0 Å². The third kappa shape index (κ3) is 4.67. The second kappa shape index (κ2) is 11.6. The van der Waals surface area contributed by atoms with Crippen molar-refractivity contribution in [2.75, 3.05) is 13.1 Å². The Morgan fingerprint density at radius 1 is 0.922 bits per heavy atom. The van der Waals surface area contributed by atoms with Crippen molar-refractivity contribution >= 4 is 27.1 Å². The van der Waals surface area contributed by atoms with Gasteiger partial charge in [0.25, 0.3) is 10.0 Å². The van der Waals surface area contributed by atoms with Gasteiger partial charge in [-0.25, -0.2) is 8.42 Å². The predicted molar refractivity (Wildman–Crippen MR) is 201 cm³/mol. The zero-order chi connectivity index (χ0) is 35.8. The van der Waals surface area contributed by atoms with Gasteiger partial charge in [0.05, 0.1) is 11.7 Å². The van der Waals surface area contributed by atoms with Gasteiger partial charge < -0.3 is 10.2 Å². The van der Waals surface area contributed by atoms with Gasteiger partial charge in [-0.2, -0.15) is 4.31 Å². The highest BCUT2D eigenvalue weighted by Crippen LogP contribution is 2.78. The van der Waals surface area contributed by atoms with Crippen LogP contribution in [0.1, 0.15) is 124 Å². The minimum atomic E-state index is -3.81. The van der Waals surface area contributed by atoms with E-state index in [1.807, 2.05) is 11.4 Å². The normalized spacial score (nSPS) is 46.9. The summed E-state index contributed by atoms with van der Waals surface area (Å²) in [5.41, 5.74) is -1.41. The zero-order valence-electron chi connectivity index (χ0n) is 31.4. The predicted octanol–water partition coefficient (Wildman–Crippen LogP) is 8.55. The highest BCUT2D eigenvalue weighted by atomic mass is 32.2. The molecule has 0 aromatic carbocycles. The molecule has 2 N–H and O–H groups in total. The molecule has 1 heterocycles. The number of carbonyl (C=O) groups excluding carboxylic acids is 1. The number of aliphatic hydroxyl groups excluding tert-OH is 1. The maximum atomic E-state index is 14.9. The van der Waals surface area contributed by atoms with Gasteiger partial charge in [-0.3, -0.25) is 4.79 Å². The minimum absolute atomic E-state index is 0.0399. The minimum Gasteiger partial charge on any atom is -0.393 e. The van der Waals surface area contributed by atoms with Crippen molar-refractivity contribution in [3.05, 3.63) is 41.3 Å². The number of hydrogen-bond donors (Lipinski definition) is 2. The van der Waals surface area contributed by atoms with Crippen LogP contribution in [0.3, 0.4) is 0 Å². The van der Waals surface area contributed by atoms with Crippen LogP contribution in [0.15, 0.2) is 45.5 Å². The van der Waals surface area contributed by atoms with E-state index in [0.717, 1.165) is 82.1 Å². The second-order valence-electron chi connectivity index (χ2n) is 19.9. The molecular weight excluding hydrogens is 675 g/mol. The molecule has 7 fully saturated rings. The SMILES string of the molecule is CC1(C)C2CCC(CN(CC3(O)CCC4C56C=CC7(C=C5C(=O)C5CCCCC5)CC(O)CCC7(C)C6CCC43C)S(=O)(=O)c3cccs3)C1C2. The summed E-state index contributed by atoms with van der Waals surface area (Å²) >= 11 is 1.28. The van der Waals surface area contributed by atoms with Crippen molar-refractivity contribution in [3.63, 3.8) is 0 Å².